The number of pyridine rings is 1. The SMILES string of the molecule is CC#CCN1[C@H](c2nc(-c3ccc(C(=O)Nc4cc(-c5ccccc5)ccn4)cc3F)c3c(N)nccn23)CCC12CC2. The molecule has 9 heteroatoms. The van der Waals surface area contributed by atoms with Crippen molar-refractivity contribution in [3.63, 3.8) is 0 Å². The second-order valence-corrected chi connectivity index (χ2v) is 11.1. The van der Waals surface area contributed by atoms with Crippen LogP contribution in [0.1, 0.15) is 54.8 Å². The van der Waals surface area contributed by atoms with Crippen LogP contribution in [-0.4, -0.2) is 42.2 Å². The van der Waals surface area contributed by atoms with E-state index in [-0.39, 0.29) is 28.5 Å². The summed E-state index contributed by atoms with van der Waals surface area (Å²) in [7, 11) is 0. The van der Waals surface area contributed by atoms with E-state index >= 15 is 4.39 Å². The van der Waals surface area contributed by atoms with Gasteiger partial charge in [0.25, 0.3) is 5.91 Å². The Morgan fingerprint density at radius 2 is 1.91 bits per heavy atom. The van der Waals surface area contributed by atoms with E-state index < -0.39 is 11.7 Å². The Labute approximate surface area is 248 Å². The fraction of sp³-hybridized carbons (Fsp3) is 0.235. The number of halogens is 1. The second-order valence-electron chi connectivity index (χ2n) is 11.1. The molecule has 0 bridgehead atoms. The first-order valence-corrected chi connectivity index (χ1v) is 14.4. The van der Waals surface area contributed by atoms with Crippen molar-refractivity contribution >= 4 is 23.1 Å². The molecular formula is C34H30FN7O. The van der Waals surface area contributed by atoms with E-state index in [2.05, 4.69) is 32.0 Å². The van der Waals surface area contributed by atoms with Crippen LogP contribution in [-0.2, 0) is 0 Å². The molecule has 3 N–H and O–H groups in total. The topological polar surface area (TPSA) is 101 Å². The lowest BCUT2D eigenvalue weighted by Gasteiger charge is -2.27. The number of hydrogen-bond donors (Lipinski definition) is 2. The maximum Gasteiger partial charge on any atom is 0.256 e. The minimum atomic E-state index is -0.577. The lowest BCUT2D eigenvalue weighted by atomic mass is 10.1. The van der Waals surface area contributed by atoms with Gasteiger partial charge in [-0.15, -0.1) is 5.92 Å². The number of carbonyl (C=O) groups excluding carboxylic acids is 1. The van der Waals surface area contributed by atoms with Gasteiger partial charge < -0.3 is 11.1 Å². The highest BCUT2D eigenvalue weighted by molar-refractivity contribution is 6.04. The Hall–Kier alpha value is -5.07. The lowest BCUT2D eigenvalue weighted by molar-refractivity contribution is 0.102. The normalized spacial score (nSPS) is 17.1. The van der Waals surface area contributed by atoms with E-state index in [9.17, 15) is 4.79 Å². The van der Waals surface area contributed by atoms with Gasteiger partial charge >= 0.3 is 0 Å². The molecule has 2 fully saturated rings. The molecule has 1 saturated heterocycles. The number of imidazole rings is 1. The van der Waals surface area contributed by atoms with Gasteiger partial charge in [0.15, 0.2) is 0 Å². The van der Waals surface area contributed by atoms with Gasteiger partial charge in [0.05, 0.1) is 12.6 Å². The Morgan fingerprint density at radius 3 is 2.67 bits per heavy atom. The molecule has 0 radical (unpaired) electrons. The number of rotatable bonds is 6. The van der Waals surface area contributed by atoms with Gasteiger partial charge in [-0.3, -0.25) is 14.1 Å². The summed E-state index contributed by atoms with van der Waals surface area (Å²) >= 11 is 0. The molecule has 1 aliphatic carbocycles. The molecular weight excluding hydrogens is 541 g/mol. The van der Waals surface area contributed by atoms with Crippen molar-refractivity contribution in [2.24, 2.45) is 0 Å². The van der Waals surface area contributed by atoms with Crippen molar-refractivity contribution in [1.29, 1.82) is 0 Å². The van der Waals surface area contributed by atoms with Crippen LogP contribution in [0.4, 0.5) is 16.0 Å². The van der Waals surface area contributed by atoms with Crippen LogP contribution in [0, 0.1) is 17.7 Å². The van der Waals surface area contributed by atoms with Crippen LogP contribution in [0.5, 0.6) is 0 Å². The van der Waals surface area contributed by atoms with Crippen molar-refractivity contribution in [2.45, 2.75) is 44.2 Å². The van der Waals surface area contributed by atoms with Crippen LogP contribution in [0.15, 0.2) is 79.3 Å². The molecule has 4 heterocycles. The minimum Gasteiger partial charge on any atom is -0.382 e. The smallest absolute Gasteiger partial charge is 0.256 e. The maximum atomic E-state index is 15.8. The highest BCUT2D eigenvalue weighted by Gasteiger charge is 2.55. The summed E-state index contributed by atoms with van der Waals surface area (Å²) in [4.78, 5) is 29.1. The van der Waals surface area contributed by atoms with Crippen molar-refractivity contribution in [2.75, 3.05) is 17.6 Å². The van der Waals surface area contributed by atoms with Gasteiger partial charge in [0, 0.05) is 35.3 Å². The summed E-state index contributed by atoms with van der Waals surface area (Å²) in [5.74, 6) is 6.66. The fourth-order valence-electron chi connectivity index (χ4n) is 6.28. The van der Waals surface area contributed by atoms with Gasteiger partial charge in [-0.25, -0.2) is 19.3 Å². The molecule has 2 aliphatic rings. The van der Waals surface area contributed by atoms with Crippen molar-refractivity contribution in [3.8, 4) is 34.2 Å². The number of benzene rings is 2. The first kappa shape index (κ1) is 26.8. The molecule has 1 spiro atoms. The van der Waals surface area contributed by atoms with Crippen molar-refractivity contribution < 1.29 is 9.18 Å². The predicted molar refractivity (Wildman–Crippen MR) is 165 cm³/mol. The van der Waals surface area contributed by atoms with Crippen LogP contribution in [0.3, 0.4) is 0 Å². The van der Waals surface area contributed by atoms with Crippen LogP contribution < -0.4 is 11.1 Å². The molecule has 5 aromatic rings. The predicted octanol–water partition coefficient (Wildman–Crippen LogP) is 6.12. The Bertz CT molecular complexity index is 1920. The zero-order chi connectivity index (χ0) is 29.6. The second kappa shape index (κ2) is 10.6. The summed E-state index contributed by atoms with van der Waals surface area (Å²) in [5.41, 5.74) is 9.82. The molecule has 2 aromatic carbocycles. The number of amides is 1. The van der Waals surface area contributed by atoms with Crippen LogP contribution in [0.25, 0.3) is 27.9 Å². The summed E-state index contributed by atoms with van der Waals surface area (Å²) in [6, 6.07) is 17.9. The number of carbonyl (C=O) groups is 1. The number of hydrogen-bond acceptors (Lipinski definition) is 6. The Balaban J connectivity index is 1.20. The van der Waals surface area contributed by atoms with Crippen molar-refractivity contribution in [3.05, 3.63) is 96.5 Å². The number of fused-ring (bicyclic) bond motifs is 1. The Morgan fingerprint density at radius 1 is 1.07 bits per heavy atom. The van der Waals surface area contributed by atoms with E-state index in [4.69, 9.17) is 10.7 Å². The summed E-state index contributed by atoms with van der Waals surface area (Å²) in [6.45, 7) is 2.51. The summed E-state index contributed by atoms with van der Waals surface area (Å²) in [5, 5.41) is 2.79. The van der Waals surface area contributed by atoms with E-state index in [0.717, 1.165) is 42.6 Å². The third-order valence-corrected chi connectivity index (χ3v) is 8.63. The molecule has 0 unspecified atom stereocenters. The number of likely N-dealkylation sites (tertiary alicyclic amines) is 1. The van der Waals surface area contributed by atoms with Gasteiger partial charge in [-0.05, 0) is 74.1 Å². The zero-order valence-electron chi connectivity index (χ0n) is 23.7. The van der Waals surface area contributed by atoms with E-state index in [1.54, 1.807) is 30.6 Å². The molecule has 8 nitrogen and oxygen atoms in total. The Kier molecular flexibility index (Phi) is 6.63. The largest absolute Gasteiger partial charge is 0.382 e. The van der Waals surface area contributed by atoms with Crippen LogP contribution in [0.2, 0.25) is 0 Å². The first-order chi connectivity index (χ1) is 21.0. The highest BCUT2D eigenvalue weighted by atomic mass is 19.1. The summed E-state index contributed by atoms with van der Waals surface area (Å²) in [6.07, 6.45) is 9.42. The number of anilines is 2. The number of nitrogens with one attached hydrogen (secondary N) is 1. The molecule has 1 saturated carbocycles. The van der Waals surface area contributed by atoms with Gasteiger partial charge in [-0.2, -0.15) is 0 Å². The van der Waals surface area contributed by atoms with E-state index in [0.29, 0.717) is 23.6 Å². The maximum absolute atomic E-state index is 15.8. The summed E-state index contributed by atoms with van der Waals surface area (Å²) < 4.78 is 17.7. The zero-order valence-corrected chi connectivity index (χ0v) is 23.7. The molecule has 43 heavy (non-hydrogen) atoms. The van der Waals surface area contributed by atoms with Crippen molar-refractivity contribution in [1.82, 2.24) is 24.3 Å². The highest BCUT2D eigenvalue weighted by Crippen LogP contribution is 2.56. The molecule has 3 aromatic heterocycles. The third kappa shape index (κ3) is 4.80. The van der Waals surface area contributed by atoms with Gasteiger partial charge in [0.1, 0.15) is 34.5 Å². The number of nitrogens with zero attached hydrogens (tertiary/aromatic N) is 5. The average Bonchev–Trinajstić information content (AvgIpc) is 3.58. The lowest BCUT2D eigenvalue weighted by Crippen LogP contribution is -2.34. The third-order valence-electron chi connectivity index (χ3n) is 8.63. The molecule has 7 rings (SSSR count). The minimum absolute atomic E-state index is 0.0265. The molecule has 214 valence electrons. The molecule has 1 aliphatic heterocycles. The number of aromatic nitrogens is 4. The monoisotopic (exact) mass is 571 g/mol. The fourth-order valence-corrected chi connectivity index (χ4v) is 6.28. The standard InChI is InChI=1S/C34H30FN7O/c1-2-3-18-42-27(11-13-34(42)14-15-34)32-40-29(30-31(36)38-17-19-41(30)32)25-10-9-24(20-26(25)35)33(43)39-28-21-23(12-16-37-28)22-7-5-4-6-8-22/h4-10,12,16-17,19-21,27H,11,13-15,18H2,1H3,(H2,36,38)(H,37,39,43)/t27-/m0/s1. The number of nitrogens with two attached hydrogens (primary N) is 1. The van der Waals surface area contributed by atoms with Gasteiger partial charge in [0.2, 0.25) is 0 Å². The quantitative estimate of drug-likeness (QED) is 0.238. The molecule has 1 atom stereocenters. The number of nitrogen functional groups attached to an aromatic ring is 1. The van der Waals surface area contributed by atoms with E-state index in [1.165, 1.54) is 6.07 Å². The average molecular weight is 572 g/mol. The first-order valence-electron chi connectivity index (χ1n) is 14.4. The molecule has 1 amide bonds. The van der Waals surface area contributed by atoms with Crippen LogP contribution >= 0.6 is 0 Å². The van der Waals surface area contributed by atoms with Gasteiger partial charge in [-0.1, -0.05) is 36.3 Å². The van der Waals surface area contributed by atoms with E-state index in [1.807, 2.05) is 53.9 Å².